The molecule has 1 N–H and O–H groups in total. The number of carbonyl (C=O) groups excluding carboxylic acids is 2. The molecule has 0 saturated heterocycles. The highest BCUT2D eigenvalue weighted by Gasteiger charge is 2.09. The zero-order valence-electron chi connectivity index (χ0n) is 11.1. The van der Waals surface area contributed by atoms with Crippen molar-refractivity contribution in [2.45, 2.75) is 20.4 Å². The second-order valence-corrected chi connectivity index (χ2v) is 4.79. The molecule has 1 rings (SSSR count). The van der Waals surface area contributed by atoms with Crippen molar-refractivity contribution < 1.29 is 14.0 Å². The highest BCUT2D eigenvalue weighted by molar-refractivity contribution is 5.77. The van der Waals surface area contributed by atoms with E-state index in [9.17, 15) is 9.59 Å². The maximum Gasteiger partial charge on any atom is 0.234 e. The standard InChI is InChI=1S/C13H20N2O3/c1-10(2)6-14-13(17)8-15(3)7-11-4-5-12(9-16)18-11/h4-5,9-10H,6-8H2,1-3H3,(H,14,17). The lowest BCUT2D eigenvalue weighted by molar-refractivity contribution is -0.122. The average Bonchev–Trinajstić information content (AvgIpc) is 2.73. The van der Waals surface area contributed by atoms with Crippen molar-refractivity contribution in [2.75, 3.05) is 20.1 Å². The van der Waals surface area contributed by atoms with Crippen LogP contribution in [0.15, 0.2) is 16.5 Å². The Morgan fingerprint density at radius 3 is 2.78 bits per heavy atom. The van der Waals surface area contributed by atoms with Crippen LogP contribution in [0.5, 0.6) is 0 Å². The van der Waals surface area contributed by atoms with Crippen LogP contribution in [0.3, 0.4) is 0 Å². The molecule has 5 heteroatoms. The summed E-state index contributed by atoms with van der Waals surface area (Å²) in [4.78, 5) is 23.9. The van der Waals surface area contributed by atoms with E-state index in [1.165, 1.54) is 0 Å². The molecule has 1 aromatic heterocycles. The van der Waals surface area contributed by atoms with Gasteiger partial charge in [0.25, 0.3) is 0 Å². The summed E-state index contributed by atoms with van der Waals surface area (Å²) in [5.74, 6) is 1.42. The Hall–Kier alpha value is -1.62. The molecule has 0 unspecified atom stereocenters. The fourth-order valence-electron chi connectivity index (χ4n) is 1.48. The van der Waals surface area contributed by atoms with Gasteiger partial charge in [-0.05, 0) is 25.1 Å². The number of nitrogens with one attached hydrogen (secondary N) is 1. The fourth-order valence-corrected chi connectivity index (χ4v) is 1.48. The molecule has 0 aliphatic carbocycles. The molecule has 0 aliphatic heterocycles. The molecule has 100 valence electrons. The van der Waals surface area contributed by atoms with Crippen molar-refractivity contribution >= 4 is 12.2 Å². The van der Waals surface area contributed by atoms with Crippen molar-refractivity contribution in [1.29, 1.82) is 0 Å². The second-order valence-electron chi connectivity index (χ2n) is 4.79. The SMILES string of the molecule is CC(C)CNC(=O)CN(C)Cc1ccc(C=O)o1. The van der Waals surface area contributed by atoms with Crippen molar-refractivity contribution in [2.24, 2.45) is 5.92 Å². The number of rotatable bonds is 7. The molecule has 0 aromatic carbocycles. The molecule has 1 aromatic rings. The van der Waals surface area contributed by atoms with E-state index in [1.54, 1.807) is 12.1 Å². The molecule has 1 amide bonds. The topological polar surface area (TPSA) is 62.6 Å². The summed E-state index contributed by atoms with van der Waals surface area (Å²) < 4.78 is 5.24. The second kappa shape index (κ2) is 6.96. The predicted molar refractivity (Wildman–Crippen MR) is 68.3 cm³/mol. The number of furan rings is 1. The average molecular weight is 252 g/mol. The van der Waals surface area contributed by atoms with Crippen LogP contribution in [0, 0.1) is 5.92 Å². The highest BCUT2D eigenvalue weighted by atomic mass is 16.3. The van der Waals surface area contributed by atoms with Crippen molar-refractivity contribution in [3.8, 4) is 0 Å². The van der Waals surface area contributed by atoms with E-state index < -0.39 is 0 Å². The molecular formula is C13H20N2O3. The highest BCUT2D eigenvalue weighted by Crippen LogP contribution is 2.07. The number of hydrogen-bond acceptors (Lipinski definition) is 4. The van der Waals surface area contributed by atoms with E-state index in [0.29, 0.717) is 43.4 Å². The predicted octanol–water partition coefficient (Wildman–Crippen LogP) is 1.30. The molecule has 0 atom stereocenters. The minimum absolute atomic E-state index is 0.00614. The number of likely N-dealkylation sites (N-methyl/N-ethyl adjacent to an activating group) is 1. The van der Waals surface area contributed by atoms with Gasteiger partial charge in [0.1, 0.15) is 5.76 Å². The zero-order valence-corrected chi connectivity index (χ0v) is 11.1. The lowest BCUT2D eigenvalue weighted by Crippen LogP contribution is -2.36. The Balaban J connectivity index is 2.34. The van der Waals surface area contributed by atoms with Crippen LogP contribution < -0.4 is 5.32 Å². The van der Waals surface area contributed by atoms with Crippen molar-refractivity contribution in [1.82, 2.24) is 10.2 Å². The van der Waals surface area contributed by atoms with Gasteiger partial charge in [-0.3, -0.25) is 14.5 Å². The summed E-state index contributed by atoms with van der Waals surface area (Å²) in [5, 5.41) is 2.85. The van der Waals surface area contributed by atoms with Crippen LogP contribution in [0.25, 0.3) is 0 Å². The van der Waals surface area contributed by atoms with Gasteiger partial charge in [0.15, 0.2) is 12.0 Å². The minimum Gasteiger partial charge on any atom is -0.457 e. The lowest BCUT2D eigenvalue weighted by atomic mass is 10.2. The van der Waals surface area contributed by atoms with Crippen LogP contribution >= 0.6 is 0 Å². The largest absolute Gasteiger partial charge is 0.457 e. The summed E-state index contributed by atoms with van der Waals surface area (Å²) in [6.07, 6.45) is 0.666. The fraction of sp³-hybridized carbons (Fsp3) is 0.538. The van der Waals surface area contributed by atoms with Gasteiger partial charge < -0.3 is 9.73 Å². The number of hydrogen-bond donors (Lipinski definition) is 1. The van der Waals surface area contributed by atoms with E-state index in [1.807, 2.05) is 25.8 Å². The molecular weight excluding hydrogens is 232 g/mol. The normalized spacial score (nSPS) is 10.9. The van der Waals surface area contributed by atoms with Gasteiger partial charge >= 0.3 is 0 Å². The van der Waals surface area contributed by atoms with E-state index >= 15 is 0 Å². The van der Waals surface area contributed by atoms with Gasteiger partial charge in [0, 0.05) is 6.54 Å². The summed E-state index contributed by atoms with van der Waals surface area (Å²) >= 11 is 0. The number of carbonyl (C=O) groups is 2. The quantitative estimate of drug-likeness (QED) is 0.743. The maximum atomic E-state index is 11.6. The van der Waals surface area contributed by atoms with Crippen molar-refractivity contribution in [3.63, 3.8) is 0 Å². The van der Waals surface area contributed by atoms with Crippen LogP contribution in [0.2, 0.25) is 0 Å². The van der Waals surface area contributed by atoms with E-state index in [0.717, 1.165) is 0 Å². The van der Waals surface area contributed by atoms with Gasteiger partial charge in [-0.2, -0.15) is 0 Å². The minimum atomic E-state index is -0.00614. The van der Waals surface area contributed by atoms with Gasteiger partial charge in [0.05, 0.1) is 13.1 Å². The Morgan fingerprint density at radius 2 is 2.22 bits per heavy atom. The number of amides is 1. The van der Waals surface area contributed by atoms with E-state index in [-0.39, 0.29) is 5.91 Å². The van der Waals surface area contributed by atoms with Gasteiger partial charge in [-0.1, -0.05) is 13.8 Å². The molecule has 0 spiro atoms. The Labute approximate surface area is 107 Å². The molecule has 0 bridgehead atoms. The number of aldehydes is 1. The van der Waals surface area contributed by atoms with Gasteiger partial charge in [0.2, 0.25) is 5.91 Å². The van der Waals surface area contributed by atoms with Gasteiger partial charge in [-0.25, -0.2) is 0 Å². The molecule has 0 fully saturated rings. The molecule has 0 saturated carbocycles. The third-order valence-electron chi connectivity index (χ3n) is 2.35. The molecule has 1 heterocycles. The van der Waals surface area contributed by atoms with Gasteiger partial charge in [-0.15, -0.1) is 0 Å². The smallest absolute Gasteiger partial charge is 0.234 e. The summed E-state index contributed by atoms with van der Waals surface area (Å²) in [5.41, 5.74) is 0. The summed E-state index contributed by atoms with van der Waals surface area (Å²) in [6.45, 7) is 5.59. The monoisotopic (exact) mass is 252 g/mol. The Morgan fingerprint density at radius 1 is 1.50 bits per heavy atom. The summed E-state index contributed by atoms with van der Waals surface area (Å²) in [6, 6.07) is 3.36. The van der Waals surface area contributed by atoms with E-state index in [4.69, 9.17) is 4.42 Å². The lowest BCUT2D eigenvalue weighted by Gasteiger charge is -2.15. The first-order valence-corrected chi connectivity index (χ1v) is 6.00. The Bertz CT molecular complexity index is 399. The first-order valence-electron chi connectivity index (χ1n) is 6.00. The Kier molecular flexibility index (Phi) is 5.58. The molecule has 5 nitrogen and oxygen atoms in total. The van der Waals surface area contributed by atoms with Crippen LogP contribution in [-0.2, 0) is 11.3 Å². The third kappa shape index (κ3) is 5.14. The first kappa shape index (κ1) is 14.4. The third-order valence-corrected chi connectivity index (χ3v) is 2.35. The maximum absolute atomic E-state index is 11.6. The van der Waals surface area contributed by atoms with Crippen molar-refractivity contribution in [3.05, 3.63) is 23.7 Å². The van der Waals surface area contributed by atoms with Crippen LogP contribution in [0.4, 0.5) is 0 Å². The zero-order chi connectivity index (χ0) is 13.5. The molecule has 18 heavy (non-hydrogen) atoms. The molecule has 0 aliphatic rings. The summed E-state index contributed by atoms with van der Waals surface area (Å²) in [7, 11) is 1.83. The van der Waals surface area contributed by atoms with E-state index in [2.05, 4.69) is 5.32 Å². The first-order chi connectivity index (χ1) is 8.51. The molecule has 0 radical (unpaired) electrons. The van der Waals surface area contributed by atoms with Crippen LogP contribution in [0.1, 0.15) is 30.2 Å². The van der Waals surface area contributed by atoms with Crippen LogP contribution in [-0.4, -0.2) is 37.2 Å². The number of nitrogens with zero attached hydrogens (tertiary/aromatic N) is 1.